The molecule has 0 aromatic heterocycles. The number of nitrogens with two attached hydrogens (primary N) is 3. The second kappa shape index (κ2) is 13.7. The van der Waals surface area contributed by atoms with Gasteiger partial charge in [-0.2, -0.15) is 16.8 Å². The molecule has 0 heterocycles. The summed E-state index contributed by atoms with van der Waals surface area (Å²) in [7, 11) is -7.33. The average Bonchev–Trinajstić information content (AvgIpc) is 2.65. The Kier molecular flexibility index (Phi) is 12.2. The van der Waals surface area contributed by atoms with Crippen molar-refractivity contribution in [2.75, 3.05) is 12.5 Å². The Hall–Kier alpha value is -3.79. The number of amidine groups is 1. The minimum absolute atomic E-state index is 0.0327. The minimum atomic E-state index is -3.67. The third-order valence-corrected chi connectivity index (χ3v) is 2.91. The molecule has 0 bridgehead atoms. The molecule has 15 heteroatoms. The Morgan fingerprint density at radius 3 is 1.74 bits per heavy atom. The fourth-order valence-electron chi connectivity index (χ4n) is 1.82. The van der Waals surface area contributed by atoms with Crippen LogP contribution in [0.2, 0.25) is 0 Å². The number of carbonyl (C=O) groups is 1. The van der Waals surface area contributed by atoms with Gasteiger partial charge in [0.1, 0.15) is 11.6 Å². The highest BCUT2D eigenvalue weighted by atomic mass is 32.2. The van der Waals surface area contributed by atoms with Crippen LogP contribution in [-0.2, 0) is 20.2 Å². The van der Waals surface area contributed by atoms with E-state index in [1.54, 1.807) is 54.6 Å². The normalized spacial score (nSPS) is 10.7. The van der Waals surface area contributed by atoms with Crippen LogP contribution in [-0.4, -0.2) is 56.2 Å². The Balaban J connectivity index is 0.000000916. The van der Waals surface area contributed by atoms with Crippen LogP contribution in [0.25, 0.3) is 6.08 Å². The van der Waals surface area contributed by atoms with Gasteiger partial charge in [0.2, 0.25) is 0 Å². The van der Waals surface area contributed by atoms with Crippen LogP contribution < -0.4 is 21.9 Å². The van der Waals surface area contributed by atoms with E-state index in [4.69, 9.17) is 36.5 Å². The molecule has 0 aliphatic carbocycles. The maximum atomic E-state index is 12.1. The van der Waals surface area contributed by atoms with Crippen molar-refractivity contribution in [3.8, 4) is 5.75 Å². The lowest BCUT2D eigenvalue weighted by atomic mass is 10.2. The van der Waals surface area contributed by atoms with Gasteiger partial charge in [0.15, 0.2) is 5.96 Å². The van der Waals surface area contributed by atoms with Gasteiger partial charge in [-0.15, -0.1) is 0 Å². The molecule has 0 saturated carbocycles. The van der Waals surface area contributed by atoms with Crippen molar-refractivity contribution in [3.63, 3.8) is 0 Å². The van der Waals surface area contributed by atoms with Gasteiger partial charge in [-0.05, 0) is 48.0 Å². The number of ether oxygens (including phenoxy) is 1. The van der Waals surface area contributed by atoms with Crippen LogP contribution in [0.1, 0.15) is 15.9 Å². The van der Waals surface area contributed by atoms with Crippen LogP contribution in [0, 0.1) is 5.41 Å². The Labute approximate surface area is 196 Å². The van der Waals surface area contributed by atoms with Crippen molar-refractivity contribution in [1.82, 2.24) is 0 Å². The van der Waals surface area contributed by atoms with Gasteiger partial charge in [-0.25, -0.2) is 9.79 Å². The summed E-state index contributed by atoms with van der Waals surface area (Å²) in [5, 5.41) is 7.13. The number of esters is 1. The van der Waals surface area contributed by atoms with Crippen LogP contribution >= 0.6 is 0 Å². The lowest BCUT2D eigenvalue weighted by molar-refractivity contribution is 0.0734. The van der Waals surface area contributed by atoms with Gasteiger partial charge >= 0.3 is 5.97 Å². The van der Waals surface area contributed by atoms with Crippen molar-refractivity contribution in [2.24, 2.45) is 22.2 Å². The highest BCUT2D eigenvalue weighted by molar-refractivity contribution is 7.85. The van der Waals surface area contributed by atoms with Crippen LogP contribution in [0.5, 0.6) is 5.75 Å². The van der Waals surface area contributed by atoms with E-state index in [2.05, 4.69) is 4.99 Å². The van der Waals surface area contributed by atoms with Gasteiger partial charge in [-0.1, -0.05) is 18.2 Å². The number of aliphatic imine (C=N–C) groups is 1. The number of guanidine groups is 1. The first kappa shape index (κ1) is 30.2. The predicted molar refractivity (Wildman–Crippen MR) is 129 cm³/mol. The molecule has 0 spiro atoms. The Morgan fingerprint density at radius 1 is 0.912 bits per heavy atom. The molecule has 186 valence electrons. The van der Waals surface area contributed by atoms with E-state index in [9.17, 15) is 21.6 Å². The molecule has 0 atom stereocenters. The molecule has 0 amide bonds. The third kappa shape index (κ3) is 18.9. The van der Waals surface area contributed by atoms with E-state index >= 15 is 0 Å². The van der Waals surface area contributed by atoms with Crippen LogP contribution in [0.4, 0.5) is 5.69 Å². The molecule has 2 aromatic rings. The summed E-state index contributed by atoms with van der Waals surface area (Å²) in [6.45, 7) is 0. The van der Waals surface area contributed by atoms with E-state index in [0.29, 0.717) is 29.5 Å². The second-order valence-electron chi connectivity index (χ2n) is 6.30. The molecule has 0 saturated heterocycles. The predicted octanol–water partition coefficient (Wildman–Crippen LogP) is 0.768. The Bertz CT molecular complexity index is 1190. The molecular weight excluding hydrogens is 490 g/mol. The molecule has 34 heavy (non-hydrogen) atoms. The summed E-state index contributed by atoms with van der Waals surface area (Å²) in [4.78, 5) is 16.0. The molecule has 9 N–H and O–H groups in total. The molecule has 13 nitrogen and oxygen atoms in total. The zero-order valence-electron chi connectivity index (χ0n) is 18.1. The SMILES string of the molecule is CS(=O)(=O)O.CS(=O)(=O)O.N=C(N)C=Cc1ccc(OC(=O)c2ccc(N=C(N)N)cc2)cc1. The number of hydrogen-bond donors (Lipinski definition) is 6. The maximum Gasteiger partial charge on any atom is 0.343 e. The van der Waals surface area contributed by atoms with Gasteiger partial charge in [0.25, 0.3) is 20.2 Å². The van der Waals surface area contributed by atoms with Gasteiger partial charge in [0, 0.05) is 0 Å². The van der Waals surface area contributed by atoms with E-state index < -0.39 is 26.2 Å². The molecule has 2 rings (SSSR count). The summed E-state index contributed by atoms with van der Waals surface area (Å²) < 4.78 is 57.0. The Morgan fingerprint density at radius 2 is 1.35 bits per heavy atom. The van der Waals surface area contributed by atoms with E-state index in [1.165, 1.54) is 6.08 Å². The number of carbonyl (C=O) groups excluding carboxylic acids is 1. The monoisotopic (exact) mass is 515 g/mol. The first-order chi connectivity index (χ1) is 15.4. The summed E-state index contributed by atoms with van der Waals surface area (Å²) in [6.07, 6.45) is 4.59. The molecule has 0 unspecified atom stereocenters. The quantitative estimate of drug-likeness (QED) is 0.107. The summed E-state index contributed by atoms with van der Waals surface area (Å²) in [5.41, 5.74) is 17.6. The van der Waals surface area contributed by atoms with E-state index in [1.807, 2.05) is 0 Å². The third-order valence-electron chi connectivity index (χ3n) is 2.91. The molecular formula is C19H25N5O8S2. The number of benzene rings is 2. The van der Waals surface area contributed by atoms with Crippen molar-refractivity contribution in [1.29, 1.82) is 5.41 Å². The molecule has 2 aromatic carbocycles. The first-order valence-corrected chi connectivity index (χ1v) is 12.5. The van der Waals surface area contributed by atoms with Gasteiger partial charge in [-0.3, -0.25) is 14.5 Å². The smallest absolute Gasteiger partial charge is 0.343 e. The molecule has 0 radical (unpaired) electrons. The maximum absolute atomic E-state index is 12.1. The number of nitrogens with zero attached hydrogens (tertiary/aromatic N) is 1. The van der Waals surface area contributed by atoms with Crippen LogP contribution in [0.15, 0.2) is 59.6 Å². The minimum Gasteiger partial charge on any atom is -0.423 e. The highest BCUT2D eigenvalue weighted by Gasteiger charge is 2.08. The van der Waals surface area contributed by atoms with Gasteiger partial charge in [0.05, 0.1) is 23.8 Å². The number of nitrogens with one attached hydrogen (secondary N) is 1. The lowest BCUT2D eigenvalue weighted by Gasteiger charge is -2.05. The standard InChI is InChI=1S/C17H17N5O2.2CH4O3S/c18-15(19)10-3-11-1-8-14(9-2-11)24-16(23)12-4-6-13(7-5-12)22-17(20)21;2*1-5(2,3)4/h1-10H,(H3,18,19)(H4,20,21,22);2*1H3,(H,2,3,4). The average molecular weight is 516 g/mol. The fourth-order valence-corrected chi connectivity index (χ4v) is 1.82. The largest absolute Gasteiger partial charge is 0.423 e. The highest BCUT2D eigenvalue weighted by Crippen LogP contribution is 2.17. The molecule has 0 fully saturated rings. The zero-order chi connectivity index (χ0) is 26.5. The van der Waals surface area contributed by atoms with E-state index in [-0.39, 0.29) is 11.8 Å². The molecule has 0 aliphatic heterocycles. The first-order valence-electron chi connectivity index (χ1n) is 8.83. The second-order valence-corrected chi connectivity index (χ2v) is 9.23. The fraction of sp³-hybridized carbons (Fsp3) is 0.105. The van der Waals surface area contributed by atoms with Crippen LogP contribution in [0.3, 0.4) is 0 Å². The summed E-state index contributed by atoms with van der Waals surface area (Å²) >= 11 is 0. The topological polar surface area (TPSA) is 249 Å². The molecule has 0 aliphatic rings. The lowest BCUT2D eigenvalue weighted by Crippen LogP contribution is -2.21. The van der Waals surface area contributed by atoms with Crippen molar-refractivity contribution < 1.29 is 35.5 Å². The van der Waals surface area contributed by atoms with Crippen molar-refractivity contribution in [2.45, 2.75) is 0 Å². The number of hydrogen-bond acceptors (Lipinski definition) is 8. The number of rotatable bonds is 5. The summed E-state index contributed by atoms with van der Waals surface area (Å²) in [6, 6.07) is 13.2. The van der Waals surface area contributed by atoms with Gasteiger partial charge < -0.3 is 21.9 Å². The zero-order valence-corrected chi connectivity index (χ0v) is 19.7. The van der Waals surface area contributed by atoms with E-state index in [0.717, 1.165) is 5.56 Å². The van der Waals surface area contributed by atoms with Crippen molar-refractivity contribution >= 4 is 49.8 Å². The summed E-state index contributed by atoms with van der Waals surface area (Å²) in [5.74, 6) is -0.162. The van der Waals surface area contributed by atoms with Crippen molar-refractivity contribution in [3.05, 3.63) is 65.7 Å².